The SMILES string of the molecule is C=C1C(=O)O[C@@H]2C[C@@H](C)/C=C\C(=O)[C@](C)(O)[C@H](O)[C@@H](OC(=O)CC(C)C)[C@H]12. The Labute approximate surface area is 159 Å². The fourth-order valence-corrected chi connectivity index (χ4v) is 3.45. The van der Waals surface area contributed by atoms with Crippen molar-refractivity contribution in [1.82, 2.24) is 0 Å². The lowest BCUT2D eigenvalue weighted by atomic mass is 9.77. The second kappa shape index (κ2) is 7.94. The summed E-state index contributed by atoms with van der Waals surface area (Å²) in [7, 11) is 0. The maximum absolute atomic E-state index is 12.4. The molecule has 0 aromatic rings. The van der Waals surface area contributed by atoms with Gasteiger partial charge in [-0.05, 0) is 31.3 Å². The Morgan fingerprint density at radius 1 is 1.44 bits per heavy atom. The van der Waals surface area contributed by atoms with Crippen LogP contribution in [0.15, 0.2) is 24.3 Å². The zero-order chi connectivity index (χ0) is 20.5. The minimum atomic E-state index is -2.20. The molecule has 27 heavy (non-hydrogen) atoms. The molecule has 0 radical (unpaired) electrons. The summed E-state index contributed by atoms with van der Waals surface area (Å²) in [5.41, 5.74) is -2.14. The van der Waals surface area contributed by atoms with Crippen molar-refractivity contribution < 1.29 is 34.1 Å². The first kappa shape index (κ1) is 21.3. The molecule has 7 heteroatoms. The quantitative estimate of drug-likeness (QED) is 0.561. The fraction of sp³-hybridized carbons (Fsp3) is 0.650. The van der Waals surface area contributed by atoms with Gasteiger partial charge in [0.2, 0.25) is 0 Å². The molecule has 6 atom stereocenters. The molecule has 0 saturated carbocycles. The van der Waals surface area contributed by atoms with Crippen molar-refractivity contribution in [3.05, 3.63) is 24.3 Å². The van der Waals surface area contributed by atoms with E-state index in [1.54, 1.807) is 6.08 Å². The zero-order valence-electron chi connectivity index (χ0n) is 16.2. The number of hydrogen-bond donors (Lipinski definition) is 2. The molecule has 0 aromatic heterocycles. The normalized spacial score (nSPS) is 38.3. The molecule has 0 amide bonds. The standard InChI is InChI=1S/C20H28O7/c1-10(2)8-15(22)27-17-16-12(4)19(24)26-13(16)9-11(3)6-7-14(21)20(5,25)18(17)23/h6-7,10-11,13,16-18,23,25H,4,8-9H2,1-3,5H3/b7-6-/t11-,13+,16+,17-,18+,20-/m0/s1. The van der Waals surface area contributed by atoms with Crippen LogP contribution in [-0.2, 0) is 23.9 Å². The lowest BCUT2D eigenvalue weighted by molar-refractivity contribution is -0.181. The van der Waals surface area contributed by atoms with Gasteiger partial charge in [-0.15, -0.1) is 0 Å². The third kappa shape index (κ3) is 4.47. The fourth-order valence-electron chi connectivity index (χ4n) is 3.45. The summed E-state index contributed by atoms with van der Waals surface area (Å²) in [6.45, 7) is 10.4. The monoisotopic (exact) mass is 380 g/mol. The van der Waals surface area contributed by atoms with Crippen LogP contribution in [0.1, 0.15) is 40.5 Å². The molecule has 2 N–H and O–H groups in total. The van der Waals surface area contributed by atoms with E-state index in [-0.39, 0.29) is 23.8 Å². The molecule has 0 unspecified atom stereocenters. The van der Waals surface area contributed by atoms with Crippen LogP contribution in [0.4, 0.5) is 0 Å². The largest absolute Gasteiger partial charge is 0.459 e. The third-order valence-corrected chi connectivity index (χ3v) is 5.09. The van der Waals surface area contributed by atoms with Gasteiger partial charge in [0.1, 0.15) is 18.3 Å². The third-order valence-electron chi connectivity index (χ3n) is 5.09. The Balaban J connectivity index is 2.48. The van der Waals surface area contributed by atoms with Crippen LogP contribution in [0.2, 0.25) is 0 Å². The van der Waals surface area contributed by atoms with E-state index in [0.29, 0.717) is 6.42 Å². The van der Waals surface area contributed by atoms with Gasteiger partial charge in [-0.3, -0.25) is 9.59 Å². The Hall–Kier alpha value is -1.99. The van der Waals surface area contributed by atoms with E-state index in [9.17, 15) is 24.6 Å². The molecule has 1 heterocycles. The van der Waals surface area contributed by atoms with E-state index >= 15 is 0 Å². The highest BCUT2D eigenvalue weighted by molar-refractivity contribution is 5.97. The highest BCUT2D eigenvalue weighted by Gasteiger charge is 2.53. The molecular formula is C20H28O7. The number of carbonyl (C=O) groups is 3. The molecule has 1 aliphatic carbocycles. The number of rotatable bonds is 3. The summed E-state index contributed by atoms with van der Waals surface area (Å²) in [5.74, 6) is -2.91. The molecule has 2 rings (SSSR count). The number of ketones is 1. The van der Waals surface area contributed by atoms with Crippen LogP contribution < -0.4 is 0 Å². The average Bonchev–Trinajstić information content (AvgIpc) is 2.82. The summed E-state index contributed by atoms with van der Waals surface area (Å²) < 4.78 is 10.9. The predicted octanol–water partition coefficient (Wildman–Crippen LogP) is 1.32. The lowest BCUT2D eigenvalue weighted by Gasteiger charge is -2.37. The van der Waals surface area contributed by atoms with E-state index in [1.165, 1.54) is 6.08 Å². The number of ether oxygens (including phenoxy) is 2. The number of aliphatic hydroxyl groups is 2. The number of carbonyl (C=O) groups excluding carboxylic acids is 3. The summed E-state index contributed by atoms with van der Waals surface area (Å²) in [5, 5.41) is 21.5. The lowest BCUT2D eigenvalue weighted by Crippen LogP contribution is -2.56. The maximum atomic E-state index is 12.4. The molecule has 7 nitrogen and oxygen atoms in total. The summed E-state index contributed by atoms with van der Waals surface area (Å²) in [4.78, 5) is 36.8. The van der Waals surface area contributed by atoms with Crippen LogP contribution in [0.5, 0.6) is 0 Å². The van der Waals surface area contributed by atoms with Gasteiger partial charge in [0.15, 0.2) is 11.4 Å². The molecule has 1 fully saturated rings. The van der Waals surface area contributed by atoms with E-state index in [2.05, 4.69) is 6.58 Å². The van der Waals surface area contributed by atoms with E-state index < -0.39 is 47.6 Å². The van der Waals surface area contributed by atoms with Gasteiger partial charge in [0.05, 0.1) is 5.92 Å². The molecule has 0 spiro atoms. The van der Waals surface area contributed by atoms with Gasteiger partial charge in [-0.2, -0.15) is 0 Å². The van der Waals surface area contributed by atoms with Gasteiger partial charge >= 0.3 is 11.9 Å². The van der Waals surface area contributed by atoms with Crippen LogP contribution in [0.25, 0.3) is 0 Å². The van der Waals surface area contributed by atoms with Crippen molar-refractivity contribution in [3.8, 4) is 0 Å². The van der Waals surface area contributed by atoms with Crippen LogP contribution in [0, 0.1) is 17.8 Å². The Bertz CT molecular complexity index is 661. The van der Waals surface area contributed by atoms with Crippen LogP contribution >= 0.6 is 0 Å². The Morgan fingerprint density at radius 3 is 2.67 bits per heavy atom. The predicted molar refractivity (Wildman–Crippen MR) is 96.4 cm³/mol. The van der Waals surface area contributed by atoms with Crippen LogP contribution in [-0.4, -0.2) is 51.8 Å². The minimum Gasteiger partial charge on any atom is -0.459 e. The van der Waals surface area contributed by atoms with Crippen molar-refractivity contribution in [2.24, 2.45) is 17.8 Å². The molecule has 0 bridgehead atoms. The second-order valence-corrected chi connectivity index (χ2v) is 8.08. The topological polar surface area (TPSA) is 110 Å². The maximum Gasteiger partial charge on any atom is 0.334 e. The molecule has 1 aliphatic heterocycles. The summed E-state index contributed by atoms with van der Waals surface area (Å²) in [6.07, 6.45) is -0.510. The Kier molecular flexibility index (Phi) is 6.27. The van der Waals surface area contributed by atoms with Crippen LogP contribution in [0.3, 0.4) is 0 Å². The van der Waals surface area contributed by atoms with Crippen molar-refractivity contribution in [2.75, 3.05) is 0 Å². The molecule has 0 aromatic carbocycles. The number of aliphatic hydroxyl groups excluding tert-OH is 1. The number of hydrogen-bond acceptors (Lipinski definition) is 7. The van der Waals surface area contributed by atoms with E-state index in [4.69, 9.17) is 9.47 Å². The number of esters is 2. The first-order chi connectivity index (χ1) is 12.4. The summed E-state index contributed by atoms with van der Waals surface area (Å²) in [6, 6.07) is 0. The van der Waals surface area contributed by atoms with Crippen molar-refractivity contribution in [1.29, 1.82) is 0 Å². The molecular weight excluding hydrogens is 352 g/mol. The van der Waals surface area contributed by atoms with Gasteiger partial charge < -0.3 is 19.7 Å². The van der Waals surface area contributed by atoms with Crippen molar-refractivity contribution >= 4 is 17.7 Å². The zero-order valence-corrected chi connectivity index (χ0v) is 16.2. The number of allylic oxidation sites excluding steroid dienone is 1. The van der Waals surface area contributed by atoms with Gasteiger partial charge in [-0.25, -0.2) is 4.79 Å². The van der Waals surface area contributed by atoms with Gasteiger partial charge in [-0.1, -0.05) is 33.4 Å². The van der Waals surface area contributed by atoms with E-state index in [1.807, 2.05) is 20.8 Å². The minimum absolute atomic E-state index is 0.0136. The average molecular weight is 380 g/mol. The van der Waals surface area contributed by atoms with Crippen molar-refractivity contribution in [3.63, 3.8) is 0 Å². The molecule has 2 aliphatic rings. The first-order valence-corrected chi connectivity index (χ1v) is 9.17. The Morgan fingerprint density at radius 2 is 2.07 bits per heavy atom. The van der Waals surface area contributed by atoms with E-state index in [0.717, 1.165) is 6.92 Å². The second-order valence-electron chi connectivity index (χ2n) is 8.08. The van der Waals surface area contributed by atoms with Gasteiger partial charge in [0.25, 0.3) is 0 Å². The highest BCUT2D eigenvalue weighted by atomic mass is 16.6. The summed E-state index contributed by atoms with van der Waals surface area (Å²) >= 11 is 0. The van der Waals surface area contributed by atoms with Crippen molar-refractivity contribution in [2.45, 2.75) is 64.4 Å². The number of fused-ring (bicyclic) bond motifs is 1. The van der Waals surface area contributed by atoms with Gasteiger partial charge in [0, 0.05) is 12.0 Å². The highest BCUT2D eigenvalue weighted by Crippen LogP contribution is 2.39. The molecule has 1 saturated heterocycles. The molecule has 150 valence electrons. The smallest absolute Gasteiger partial charge is 0.334 e. The first-order valence-electron chi connectivity index (χ1n) is 9.17.